The zero-order valence-electron chi connectivity index (χ0n) is 12.0. The van der Waals surface area contributed by atoms with Gasteiger partial charge in [0.15, 0.2) is 0 Å². The van der Waals surface area contributed by atoms with E-state index in [0.29, 0.717) is 5.76 Å². The van der Waals surface area contributed by atoms with E-state index in [1.54, 1.807) is 6.92 Å². The molecule has 0 aliphatic carbocycles. The molecule has 1 atom stereocenters. The Kier molecular flexibility index (Phi) is 2.91. The van der Waals surface area contributed by atoms with Crippen molar-refractivity contribution < 1.29 is 9.52 Å². The van der Waals surface area contributed by atoms with Gasteiger partial charge < -0.3 is 9.52 Å². The van der Waals surface area contributed by atoms with Crippen molar-refractivity contribution in [3.8, 4) is 0 Å². The largest absolute Gasteiger partial charge is 0.458 e. The van der Waals surface area contributed by atoms with E-state index in [1.165, 1.54) is 11.1 Å². The van der Waals surface area contributed by atoms with E-state index in [1.807, 2.05) is 56.3 Å². The van der Waals surface area contributed by atoms with Crippen molar-refractivity contribution in [1.29, 1.82) is 0 Å². The highest BCUT2D eigenvalue weighted by molar-refractivity contribution is 5.79. The summed E-state index contributed by atoms with van der Waals surface area (Å²) in [5, 5.41) is 11.8. The van der Waals surface area contributed by atoms with E-state index >= 15 is 0 Å². The van der Waals surface area contributed by atoms with Crippen molar-refractivity contribution in [3.63, 3.8) is 0 Å². The number of rotatable bonds is 2. The Labute approximate surface area is 118 Å². The number of hydrogen-bond acceptors (Lipinski definition) is 2. The molecule has 0 bridgehead atoms. The van der Waals surface area contributed by atoms with Gasteiger partial charge in [0, 0.05) is 5.39 Å². The molecule has 3 rings (SSSR count). The normalized spacial score (nSPS) is 14.4. The van der Waals surface area contributed by atoms with Gasteiger partial charge >= 0.3 is 0 Å². The van der Waals surface area contributed by atoms with Crippen molar-refractivity contribution >= 4 is 11.0 Å². The number of fused-ring (bicyclic) bond motifs is 1. The molecule has 2 aromatic carbocycles. The van der Waals surface area contributed by atoms with Gasteiger partial charge in [-0.15, -0.1) is 0 Å². The molecule has 20 heavy (non-hydrogen) atoms. The van der Waals surface area contributed by atoms with Crippen LogP contribution >= 0.6 is 0 Å². The van der Waals surface area contributed by atoms with Crippen LogP contribution in [0.15, 0.2) is 52.9 Å². The van der Waals surface area contributed by atoms with Gasteiger partial charge in [0.2, 0.25) is 0 Å². The van der Waals surface area contributed by atoms with Crippen molar-refractivity contribution in [1.82, 2.24) is 0 Å². The predicted molar refractivity (Wildman–Crippen MR) is 80.8 cm³/mol. The number of aliphatic hydroxyl groups is 1. The van der Waals surface area contributed by atoms with Crippen molar-refractivity contribution in [3.05, 3.63) is 71.0 Å². The number of benzene rings is 2. The molecule has 0 saturated carbocycles. The summed E-state index contributed by atoms with van der Waals surface area (Å²) in [7, 11) is 0. The van der Waals surface area contributed by atoms with Crippen LogP contribution in [0.2, 0.25) is 0 Å². The molecule has 0 spiro atoms. The molecule has 0 aliphatic rings. The zero-order valence-corrected chi connectivity index (χ0v) is 12.0. The third-order valence-electron chi connectivity index (χ3n) is 3.77. The predicted octanol–water partition coefficient (Wildman–Crippen LogP) is 4.31. The Hall–Kier alpha value is -2.06. The summed E-state index contributed by atoms with van der Waals surface area (Å²) in [5.74, 6) is 0.571. The molecular weight excluding hydrogens is 248 g/mol. The second-order valence-electron chi connectivity index (χ2n) is 5.59. The van der Waals surface area contributed by atoms with E-state index in [0.717, 1.165) is 16.5 Å². The average Bonchev–Trinajstić information content (AvgIpc) is 2.83. The van der Waals surface area contributed by atoms with Gasteiger partial charge in [-0.2, -0.15) is 0 Å². The number of furan rings is 1. The van der Waals surface area contributed by atoms with Crippen LogP contribution in [0.5, 0.6) is 0 Å². The Morgan fingerprint density at radius 1 is 0.900 bits per heavy atom. The fourth-order valence-corrected chi connectivity index (χ4v) is 2.42. The second-order valence-corrected chi connectivity index (χ2v) is 5.59. The molecule has 2 nitrogen and oxygen atoms in total. The van der Waals surface area contributed by atoms with Crippen LogP contribution in [0.25, 0.3) is 11.0 Å². The third-order valence-corrected chi connectivity index (χ3v) is 3.77. The molecule has 1 N–H and O–H groups in total. The van der Waals surface area contributed by atoms with Gasteiger partial charge in [0.05, 0.1) is 0 Å². The summed E-state index contributed by atoms with van der Waals surface area (Å²) in [4.78, 5) is 0. The van der Waals surface area contributed by atoms with Crippen LogP contribution in [0.4, 0.5) is 0 Å². The molecule has 1 unspecified atom stereocenters. The van der Waals surface area contributed by atoms with Crippen molar-refractivity contribution in [2.45, 2.75) is 26.4 Å². The minimum absolute atomic E-state index is 0.571. The highest BCUT2D eigenvalue weighted by Gasteiger charge is 2.29. The van der Waals surface area contributed by atoms with Gasteiger partial charge in [-0.05, 0) is 44.5 Å². The van der Waals surface area contributed by atoms with Crippen LogP contribution in [0.3, 0.4) is 0 Å². The summed E-state index contributed by atoms with van der Waals surface area (Å²) < 4.78 is 5.82. The number of hydrogen-bond donors (Lipinski definition) is 1. The van der Waals surface area contributed by atoms with E-state index in [4.69, 9.17) is 4.42 Å². The van der Waals surface area contributed by atoms with Crippen molar-refractivity contribution in [2.24, 2.45) is 0 Å². The van der Waals surface area contributed by atoms with Crippen LogP contribution in [-0.2, 0) is 5.60 Å². The van der Waals surface area contributed by atoms with E-state index < -0.39 is 5.60 Å². The highest BCUT2D eigenvalue weighted by Crippen LogP contribution is 2.33. The molecule has 2 heteroatoms. The minimum atomic E-state index is -1.12. The Balaban J connectivity index is 2.10. The van der Waals surface area contributed by atoms with Crippen molar-refractivity contribution in [2.75, 3.05) is 0 Å². The van der Waals surface area contributed by atoms with Gasteiger partial charge in [0.25, 0.3) is 0 Å². The fourth-order valence-electron chi connectivity index (χ4n) is 2.42. The van der Waals surface area contributed by atoms with E-state index in [9.17, 15) is 5.11 Å². The summed E-state index contributed by atoms with van der Waals surface area (Å²) in [6.07, 6.45) is 0. The molecule has 1 heterocycles. The van der Waals surface area contributed by atoms with Gasteiger partial charge in [0.1, 0.15) is 16.9 Å². The topological polar surface area (TPSA) is 33.4 Å². The fraction of sp³-hybridized carbons (Fsp3) is 0.222. The molecule has 0 radical (unpaired) electrons. The first kappa shape index (κ1) is 12.9. The molecule has 0 amide bonds. The molecule has 0 fully saturated rings. The first-order valence-electron chi connectivity index (χ1n) is 6.77. The van der Waals surface area contributed by atoms with Gasteiger partial charge in [-0.1, -0.05) is 41.5 Å². The Bertz CT molecular complexity index is 749. The maximum Gasteiger partial charge on any atom is 0.144 e. The SMILES string of the molecule is Cc1ccc(C(C)(O)c2cc3cc(C)ccc3o2)cc1. The van der Waals surface area contributed by atoms with Crippen LogP contribution < -0.4 is 0 Å². The lowest BCUT2D eigenvalue weighted by atomic mass is 9.92. The number of aryl methyl sites for hydroxylation is 2. The molecule has 1 aromatic heterocycles. The lowest BCUT2D eigenvalue weighted by Crippen LogP contribution is -2.21. The quantitative estimate of drug-likeness (QED) is 0.750. The third kappa shape index (κ3) is 2.12. The van der Waals surface area contributed by atoms with Crippen LogP contribution in [0.1, 0.15) is 29.4 Å². The van der Waals surface area contributed by atoms with Crippen LogP contribution in [0, 0.1) is 13.8 Å². The highest BCUT2D eigenvalue weighted by atomic mass is 16.4. The average molecular weight is 266 g/mol. The smallest absolute Gasteiger partial charge is 0.144 e. The van der Waals surface area contributed by atoms with E-state index in [-0.39, 0.29) is 0 Å². The first-order chi connectivity index (χ1) is 9.46. The summed E-state index contributed by atoms with van der Waals surface area (Å²) in [5.41, 5.74) is 2.86. The first-order valence-corrected chi connectivity index (χ1v) is 6.77. The van der Waals surface area contributed by atoms with Crippen LogP contribution in [-0.4, -0.2) is 5.11 Å². The molecule has 3 aromatic rings. The maximum absolute atomic E-state index is 10.8. The molecule has 0 saturated heterocycles. The zero-order chi connectivity index (χ0) is 14.3. The Morgan fingerprint density at radius 2 is 1.55 bits per heavy atom. The molecule has 102 valence electrons. The summed E-state index contributed by atoms with van der Waals surface area (Å²) in [6.45, 7) is 5.84. The summed E-state index contributed by atoms with van der Waals surface area (Å²) in [6, 6.07) is 15.8. The molecular formula is C18H18O2. The maximum atomic E-state index is 10.8. The van der Waals surface area contributed by atoms with Gasteiger partial charge in [-0.25, -0.2) is 0 Å². The lowest BCUT2D eigenvalue weighted by molar-refractivity contribution is 0.0786. The Morgan fingerprint density at radius 3 is 2.25 bits per heavy atom. The van der Waals surface area contributed by atoms with E-state index in [2.05, 4.69) is 6.07 Å². The molecule has 0 aliphatic heterocycles. The van der Waals surface area contributed by atoms with Gasteiger partial charge in [-0.3, -0.25) is 0 Å². The second kappa shape index (κ2) is 4.50. The summed E-state index contributed by atoms with van der Waals surface area (Å²) >= 11 is 0. The lowest BCUT2D eigenvalue weighted by Gasteiger charge is -2.21. The standard InChI is InChI=1S/C18H18O2/c1-12-4-7-15(8-5-12)18(3,19)17-11-14-10-13(2)6-9-16(14)20-17/h4-11,19H,1-3H3. The monoisotopic (exact) mass is 266 g/mol. The minimum Gasteiger partial charge on any atom is -0.458 e.